The molecule has 2 aromatic heterocycles. The lowest BCUT2D eigenvalue weighted by Crippen LogP contribution is -2.44. The highest BCUT2D eigenvalue weighted by Gasteiger charge is 2.14. The number of methoxy groups -OCH3 is 2. The third-order valence-electron chi connectivity index (χ3n) is 4.92. The minimum Gasteiger partial charge on any atom is -0.493 e. The van der Waals surface area contributed by atoms with Gasteiger partial charge in [0.1, 0.15) is 11.5 Å². The fourth-order valence-corrected chi connectivity index (χ4v) is 3.28. The van der Waals surface area contributed by atoms with Crippen molar-refractivity contribution in [3.05, 3.63) is 60.9 Å². The van der Waals surface area contributed by atoms with Crippen molar-refractivity contribution in [2.24, 2.45) is 7.05 Å². The maximum Gasteiger partial charge on any atom is 0.338 e. The van der Waals surface area contributed by atoms with E-state index in [4.69, 9.17) is 14.2 Å². The van der Waals surface area contributed by atoms with Gasteiger partial charge in [-0.05, 0) is 36.4 Å². The maximum atomic E-state index is 12.3. The molecule has 0 aliphatic rings. The summed E-state index contributed by atoms with van der Waals surface area (Å²) in [4.78, 5) is 28.0. The summed E-state index contributed by atoms with van der Waals surface area (Å²) in [5, 5.41) is 8.41. The minimum atomic E-state index is -0.594. The van der Waals surface area contributed by atoms with Crippen LogP contribution in [0.5, 0.6) is 23.0 Å². The van der Waals surface area contributed by atoms with Gasteiger partial charge in [-0.1, -0.05) is 0 Å². The Hall–Kier alpha value is -4.80. The topological polar surface area (TPSA) is 120 Å². The van der Waals surface area contributed by atoms with Crippen molar-refractivity contribution >= 4 is 34.8 Å². The molecule has 2 aromatic carbocycles. The molecule has 0 saturated carbocycles. The summed E-state index contributed by atoms with van der Waals surface area (Å²) in [5.74, 6) is 2.69. The number of aryl methyl sites for hydroxylation is 1. The SMILES string of the molecule is COc1cc2nccc(Oc3ccc(NC(=O)NN(C=O)c4ccnn4C)cc3)c2cc1OC. The first kappa shape index (κ1) is 22.4. The smallest absolute Gasteiger partial charge is 0.338 e. The van der Waals surface area contributed by atoms with Crippen LogP contribution >= 0.6 is 0 Å². The Morgan fingerprint density at radius 2 is 1.74 bits per heavy atom. The molecule has 0 aliphatic heterocycles. The predicted molar refractivity (Wildman–Crippen MR) is 125 cm³/mol. The summed E-state index contributed by atoms with van der Waals surface area (Å²) >= 11 is 0. The second kappa shape index (κ2) is 9.77. The number of carbonyl (C=O) groups is 2. The van der Waals surface area contributed by atoms with Gasteiger partial charge in [0.05, 0.1) is 25.9 Å². The lowest BCUT2D eigenvalue weighted by molar-refractivity contribution is -0.107. The van der Waals surface area contributed by atoms with Gasteiger partial charge in [-0.15, -0.1) is 0 Å². The average Bonchev–Trinajstić information content (AvgIpc) is 3.28. The largest absolute Gasteiger partial charge is 0.493 e. The van der Waals surface area contributed by atoms with E-state index in [0.717, 1.165) is 10.4 Å². The van der Waals surface area contributed by atoms with Crippen LogP contribution in [0, 0.1) is 0 Å². The van der Waals surface area contributed by atoms with Crippen molar-refractivity contribution in [3.8, 4) is 23.0 Å². The van der Waals surface area contributed by atoms with E-state index in [1.807, 2.05) is 0 Å². The quantitative estimate of drug-likeness (QED) is 0.304. The monoisotopic (exact) mass is 462 g/mol. The number of amides is 3. The first-order valence-corrected chi connectivity index (χ1v) is 10.1. The second-order valence-electron chi connectivity index (χ2n) is 7.01. The standard InChI is InChI=1S/C23H22N6O5/c1-28-22(9-11-25-28)29(14-30)27-23(31)26-15-4-6-16(7-5-15)34-19-8-10-24-18-13-21(33-3)20(32-2)12-17(18)19/h4-14H,1-3H3,(H2,26,27,31). The number of hydrazine groups is 1. The van der Waals surface area contributed by atoms with E-state index >= 15 is 0 Å². The van der Waals surface area contributed by atoms with Crippen LogP contribution in [0.1, 0.15) is 0 Å². The molecule has 11 nitrogen and oxygen atoms in total. The van der Waals surface area contributed by atoms with Crippen LogP contribution in [0.15, 0.2) is 60.9 Å². The molecular formula is C23H22N6O5. The van der Waals surface area contributed by atoms with Crippen LogP contribution < -0.4 is 30.0 Å². The van der Waals surface area contributed by atoms with Gasteiger partial charge in [0.15, 0.2) is 17.3 Å². The van der Waals surface area contributed by atoms with Crippen molar-refractivity contribution < 1.29 is 23.8 Å². The van der Waals surface area contributed by atoms with Crippen LogP contribution in [0.25, 0.3) is 10.9 Å². The van der Waals surface area contributed by atoms with E-state index in [2.05, 4.69) is 20.8 Å². The average molecular weight is 462 g/mol. The van der Waals surface area contributed by atoms with Crippen molar-refractivity contribution in [2.45, 2.75) is 0 Å². The summed E-state index contributed by atoms with van der Waals surface area (Å²) < 4.78 is 18.2. The lowest BCUT2D eigenvalue weighted by Gasteiger charge is -2.18. The van der Waals surface area contributed by atoms with Gasteiger partial charge in [0.2, 0.25) is 6.41 Å². The van der Waals surface area contributed by atoms with Gasteiger partial charge in [0.25, 0.3) is 0 Å². The Morgan fingerprint density at radius 3 is 2.38 bits per heavy atom. The number of hydrogen-bond donors (Lipinski definition) is 2. The van der Waals surface area contributed by atoms with E-state index < -0.39 is 6.03 Å². The first-order chi connectivity index (χ1) is 16.5. The van der Waals surface area contributed by atoms with E-state index in [1.165, 1.54) is 10.9 Å². The zero-order valence-electron chi connectivity index (χ0n) is 18.7. The van der Waals surface area contributed by atoms with Gasteiger partial charge < -0.3 is 19.5 Å². The fraction of sp³-hybridized carbons (Fsp3) is 0.130. The third-order valence-corrected chi connectivity index (χ3v) is 4.92. The molecule has 0 fully saturated rings. The molecule has 11 heteroatoms. The van der Waals surface area contributed by atoms with Crippen LogP contribution in [-0.4, -0.2) is 41.4 Å². The van der Waals surface area contributed by atoms with Gasteiger partial charge in [-0.2, -0.15) is 5.10 Å². The summed E-state index contributed by atoms with van der Waals surface area (Å²) in [7, 11) is 4.78. The van der Waals surface area contributed by atoms with Gasteiger partial charge >= 0.3 is 6.03 Å². The van der Waals surface area contributed by atoms with E-state index in [-0.39, 0.29) is 0 Å². The van der Waals surface area contributed by atoms with E-state index in [9.17, 15) is 9.59 Å². The number of nitrogens with one attached hydrogen (secondary N) is 2. The second-order valence-corrected chi connectivity index (χ2v) is 7.01. The van der Waals surface area contributed by atoms with E-state index in [1.54, 1.807) is 76.0 Å². The molecule has 0 unspecified atom stereocenters. The van der Waals surface area contributed by atoms with Crippen LogP contribution in [0.4, 0.5) is 16.3 Å². The Morgan fingerprint density at radius 1 is 1.00 bits per heavy atom. The zero-order chi connectivity index (χ0) is 24.1. The predicted octanol–water partition coefficient (Wildman–Crippen LogP) is 3.48. The van der Waals surface area contributed by atoms with Crippen molar-refractivity contribution in [3.63, 3.8) is 0 Å². The molecular weight excluding hydrogens is 440 g/mol. The molecule has 4 aromatic rings. The Bertz CT molecular complexity index is 1320. The molecule has 2 heterocycles. The van der Waals surface area contributed by atoms with Gasteiger partial charge in [0, 0.05) is 36.5 Å². The zero-order valence-corrected chi connectivity index (χ0v) is 18.7. The number of ether oxygens (including phenoxy) is 3. The highest BCUT2D eigenvalue weighted by atomic mass is 16.5. The number of nitrogens with zero attached hydrogens (tertiary/aromatic N) is 4. The molecule has 0 atom stereocenters. The normalized spacial score (nSPS) is 10.4. The lowest BCUT2D eigenvalue weighted by atomic mass is 10.2. The van der Waals surface area contributed by atoms with Crippen molar-refractivity contribution in [1.82, 2.24) is 20.2 Å². The summed E-state index contributed by atoms with van der Waals surface area (Å²) in [6, 6.07) is 13.1. The summed E-state index contributed by atoms with van der Waals surface area (Å²) in [6.45, 7) is 0. The summed E-state index contributed by atoms with van der Waals surface area (Å²) in [6.07, 6.45) is 3.64. The number of rotatable bonds is 8. The maximum absolute atomic E-state index is 12.3. The first-order valence-electron chi connectivity index (χ1n) is 10.1. The highest BCUT2D eigenvalue weighted by molar-refractivity contribution is 5.93. The van der Waals surface area contributed by atoms with Gasteiger partial charge in [-0.25, -0.2) is 15.2 Å². The van der Waals surface area contributed by atoms with Gasteiger partial charge in [-0.3, -0.25) is 14.5 Å². The molecule has 0 aliphatic carbocycles. The highest BCUT2D eigenvalue weighted by Crippen LogP contribution is 2.36. The number of carbonyl (C=O) groups excluding carboxylic acids is 2. The number of urea groups is 1. The van der Waals surface area contributed by atoms with Crippen molar-refractivity contribution in [2.75, 3.05) is 24.5 Å². The molecule has 0 spiro atoms. The Balaban J connectivity index is 1.46. The molecule has 3 amide bonds. The molecule has 0 saturated heterocycles. The van der Waals surface area contributed by atoms with Crippen molar-refractivity contribution in [1.29, 1.82) is 0 Å². The Kier molecular flexibility index (Phi) is 6.44. The number of aromatic nitrogens is 3. The summed E-state index contributed by atoms with van der Waals surface area (Å²) in [5.41, 5.74) is 3.65. The number of fused-ring (bicyclic) bond motifs is 1. The van der Waals surface area contributed by atoms with Crippen LogP contribution in [0.3, 0.4) is 0 Å². The number of hydrogen-bond acceptors (Lipinski definition) is 7. The number of benzene rings is 2. The molecule has 0 bridgehead atoms. The molecule has 2 N–H and O–H groups in total. The number of anilines is 2. The fourth-order valence-electron chi connectivity index (χ4n) is 3.28. The minimum absolute atomic E-state index is 0.410. The number of pyridine rings is 1. The van der Waals surface area contributed by atoms with Crippen LogP contribution in [0.2, 0.25) is 0 Å². The Labute approximate surface area is 194 Å². The van der Waals surface area contributed by atoms with E-state index in [0.29, 0.717) is 46.4 Å². The molecule has 4 rings (SSSR count). The third kappa shape index (κ3) is 4.67. The molecule has 174 valence electrons. The van der Waals surface area contributed by atoms with Crippen LogP contribution in [-0.2, 0) is 11.8 Å². The molecule has 34 heavy (non-hydrogen) atoms. The molecule has 0 radical (unpaired) electrons.